The van der Waals surface area contributed by atoms with E-state index in [-0.39, 0.29) is 12.3 Å². The summed E-state index contributed by atoms with van der Waals surface area (Å²) in [5.74, 6) is -6.78. The lowest BCUT2D eigenvalue weighted by atomic mass is 10.2. The molecule has 0 saturated carbocycles. The van der Waals surface area contributed by atoms with E-state index in [0.29, 0.717) is 12.5 Å². The van der Waals surface area contributed by atoms with Crippen LogP contribution in [0.4, 0.5) is 23.2 Å². The number of rotatable bonds is 8. The zero-order chi connectivity index (χ0) is 20.7. The number of amides is 2. The largest absolute Gasteiger partial charge is 0.481 e. The van der Waals surface area contributed by atoms with Crippen LogP contribution >= 0.6 is 0 Å². The van der Waals surface area contributed by atoms with E-state index in [2.05, 4.69) is 5.32 Å². The van der Waals surface area contributed by atoms with Crippen molar-refractivity contribution in [1.29, 1.82) is 0 Å². The van der Waals surface area contributed by atoms with E-state index in [1.807, 2.05) is 0 Å². The number of anilines is 1. The fourth-order valence-corrected chi connectivity index (χ4v) is 2.34. The van der Waals surface area contributed by atoms with Gasteiger partial charge in [0.15, 0.2) is 35.6 Å². The van der Waals surface area contributed by atoms with Gasteiger partial charge >= 0.3 is 0 Å². The highest BCUT2D eigenvalue weighted by molar-refractivity contribution is 5.94. The lowest BCUT2D eigenvalue weighted by Gasteiger charge is -2.22. The molecule has 0 aliphatic carbocycles. The molecular formula is C19H18F4N2O3. The number of halogens is 4. The molecule has 2 aromatic carbocycles. The van der Waals surface area contributed by atoms with Gasteiger partial charge in [-0.25, -0.2) is 17.6 Å². The molecule has 0 saturated heterocycles. The lowest BCUT2D eigenvalue weighted by Crippen LogP contribution is -2.41. The minimum Gasteiger partial charge on any atom is -0.481 e. The number of hydrogen-bond donors (Lipinski definition) is 1. The smallest absolute Gasteiger partial charge is 0.260 e. The Kier molecular flexibility index (Phi) is 7.36. The van der Waals surface area contributed by atoms with Gasteiger partial charge in [-0.2, -0.15) is 0 Å². The second-order valence-electron chi connectivity index (χ2n) is 5.81. The molecule has 5 nitrogen and oxygen atoms in total. The van der Waals surface area contributed by atoms with Crippen molar-refractivity contribution in [3.63, 3.8) is 0 Å². The highest BCUT2D eigenvalue weighted by Crippen LogP contribution is 2.19. The lowest BCUT2D eigenvalue weighted by molar-refractivity contribution is -0.136. The average molecular weight is 398 g/mol. The van der Waals surface area contributed by atoms with Gasteiger partial charge in [0.05, 0.1) is 12.2 Å². The molecule has 28 heavy (non-hydrogen) atoms. The standard InChI is InChI=1S/C19H18F4N2O3/c1-2-9-25(17(27)11-28-15-6-4-3-5-12(15)20)10-16(26)24-14-8-7-13(21)18(22)19(14)23/h3-8H,2,9-11H2,1H3,(H,24,26). The number of carbonyl (C=O) groups excluding carboxylic acids is 2. The Morgan fingerprint density at radius 1 is 1.00 bits per heavy atom. The van der Waals surface area contributed by atoms with Gasteiger partial charge in [-0.15, -0.1) is 0 Å². The van der Waals surface area contributed by atoms with Crippen LogP contribution in [0.5, 0.6) is 5.75 Å². The van der Waals surface area contributed by atoms with Gasteiger partial charge in [0.2, 0.25) is 5.91 Å². The van der Waals surface area contributed by atoms with E-state index in [4.69, 9.17) is 4.74 Å². The normalized spacial score (nSPS) is 10.5. The van der Waals surface area contributed by atoms with Crippen LogP contribution in [0.2, 0.25) is 0 Å². The highest BCUT2D eigenvalue weighted by atomic mass is 19.2. The van der Waals surface area contributed by atoms with Crippen LogP contribution in [-0.4, -0.2) is 36.4 Å². The first kappa shape index (κ1) is 21.2. The molecule has 2 aromatic rings. The third-order valence-electron chi connectivity index (χ3n) is 3.68. The molecule has 0 heterocycles. The molecule has 0 radical (unpaired) electrons. The van der Waals surface area contributed by atoms with Crippen molar-refractivity contribution < 1.29 is 31.9 Å². The molecule has 0 aliphatic rings. The summed E-state index contributed by atoms with van der Waals surface area (Å²) < 4.78 is 58.5. The van der Waals surface area contributed by atoms with Crippen LogP contribution in [-0.2, 0) is 9.59 Å². The molecule has 0 unspecified atom stereocenters. The molecule has 2 amide bonds. The molecule has 150 valence electrons. The quantitative estimate of drug-likeness (QED) is 0.547. The highest BCUT2D eigenvalue weighted by Gasteiger charge is 2.20. The Hall–Kier alpha value is -3.10. The van der Waals surface area contributed by atoms with Gasteiger partial charge in [0.25, 0.3) is 5.91 Å². The number of nitrogens with zero attached hydrogens (tertiary/aromatic N) is 1. The summed E-state index contributed by atoms with van der Waals surface area (Å²) in [4.78, 5) is 25.5. The molecule has 0 bridgehead atoms. The summed E-state index contributed by atoms with van der Waals surface area (Å²) in [6.07, 6.45) is 0.512. The van der Waals surface area contributed by atoms with Gasteiger partial charge in [0.1, 0.15) is 0 Å². The number of para-hydroxylation sites is 1. The topological polar surface area (TPSA) is 58.6 Å². The fraction of sp³-hybridized carbons (Fsp3) is 0.263. The summed E-state index contributed by atoms with van der Waals surface area (Å²) in [6, 6.07) is 7.08. The van der Waals surface area contributed by atoms with Crippen molar-refractivity contribution >= 4 is 17.5 Å². The van der Waals surface area contributed by atoms with Gasteiger partial charge < -0.3 is 15.0 Å². The second kappa shape index (κ2) is 9.72. The summed E-state index contributed by atoms with van der Waals surface area (Å²) in [7, 11) is 0. The minimum atomic E-state index is -1.71. The van der Waals surface area contributed by atoms with Crippen LogP contribution in [0.15, 0.2) is 36.4 Å². The predicted molar refractivity (Wildman–Crippen MR) is 93.7 cm³/mol. The molecule has 9 heteroatoms. The number of benzene rings is 2. The Bertz CT molecular complexity index is 861. The summed E-state index contributed by atoms with van der Waals surface area (Å²) in [5, 5.41) is 2.09. The van der Waals surface area contributed by atoms with E-state index < -0.39 is 53.9 Å². The SMILES string of the molecule is CCCN(CC(=O)Nc1ccc(F)c(F)c1F)C(=O)COc1ccccc1F. The van der Waals surface area contributed by atoms with Crippen molar-refractivity contribution in [2.75, 3.05) is 25.0 Å². The molecule has 1 N–H and O–H groups in total. The predicted octanol–water partition coefficient (Wildman–Crippen LogP) is 3.50. The summed E-state index contributed by atoms with van der Waals surface area (Å²) in [6.45, 7) is 0.984. The van der Waals surface area contributed by atoms with Crippen molar-refractivity contribution in [1.82, 2.24) is 4.90 Å². The molecule has 0 aromatic heterocycles. The maximum atomic E-state index is 13.6. The van der Waals surface area contributed by atoms with E-state index in [1.54, 1.807) is 6.92 Å². The summed E-state index contributed by atoms with van der Waals surface area (Å²) >= 11 is 0. The van der Waals surface area contributed by atoms with E-state index >= 15 is 0 Å². The maximum absolute atomic E-state index is 13.6. The van der Waals surface area contributed by atoms with Crippen molar-refractivity contribution in [2.24, 2.45) is 0 Å². The van der Waals surface area contributed by atoms with Crippen molar-refractivity contribution in [3.8, 4) is 5.75 Å². The monoisotopic (exact) mass is 398 g/mol. The third kappa shape index (κ3) is 5.45. The Morgan fingerprint density at radius 3 is 2.39 bits per heavy atom. The number of carbonyl (C=O) groups is 2. The molecule has 0 atom stereocenters. The minimum absolute atomic E-state index is 0.111. The van der Waals surface area contributed by atoms with Crippen molar-refractivity contribution in [3.05, 3.63) is 59.7 Å². The third-order valence-corrected chi connectivity index (χ3v) is 3.68. The second-order valence-corrected chi connectivity index (χ2v) is 5.81. The van der Waals surface area contributed by atoms with Crippen LogP contribution in [0.25, 0.3) is 0 Å². The maximum Gasteiger partial charge on any atom is 0.260 e. The van der Waals surface area contributed by atoms with E-state index in [0.717, 1.165) is 11.0 Å². The van der Waals surface area contributed by atoms with Crippen LogP contribution in [0.3, 0.4) is 0 Å². The van der Waals surface area contributed by atoms with E-state index in [1.165, 1.54) is 24.3 Å². The Morgan fingerprint density at radius 2 is 1.71 bits per heavy atom. The van der Waals surface area contributed by atoms with Crippen LogP contribution in [0, 0.1) is 23.3 Å². The van der Waals surface area contributed by atoms with Crippen molar-refractivity contribution in [2.45, 2.75) is 13.3 Å². The van der Waals surface area contributed by atoms with Gasteiger partial charge in [0, 0.05) is 6.54 Å². The fourth-order valence-electron chi connectivity index (χ4n) is 2.34. The number of ether oxygens (including phenoxy) is 1. The first-order valence-corrected chi connectivity index (χ1v) is 8.42. The zero-order valence-electron chi connectivity index (χ0n) is 15.0. The van der Waals surface area contributed by atoms with E-state index in [9.17, 15) is 27.2 Å². The van der Waals surface area contributed by atoms with Gasteiger partial charge in [-0.1, -0.05) is 19.1 Å². The number of nitrogens with one attached hydrogen (secondary N) is 1. The molecular weight excluding hydrogens is 380 g/mol. The molecule has 0 spiro atoms. The summed E-state index contributed by atoms with van der Waals surface area (Å²) in [5.41, 5.74) is -0.546. The Balaban J connectivity index is 1.99. The zero-order valence-corrected chi connectivity index (χ0v) is 15.0. The molecule has 2 rings (SSSR count). The van der Waals surface area contributed by atoms with Gasteiger partial charge in [-0.05, 0) is 30.7 Å². The number of hydrogen-bond acceptors (Lipinski definition) is 3. The average Bonchev–Trinajstić information content (AvgIpc) is 2.67. The molecule has 0 fully saturated rings. The Labute approximate surface area is 158 Å². The first-order valence-electron chi connectivity index (χ1n) is 8.42. The van der Waals surface area contributed by atoms with Crippen LogP contribution in [0.1, 0.15) is 13.3 Å². The van der Waals surface area contributed by atoms with Gasteiger partial charge in [-0.3, -0.25) is 9.59 Å². The molecule has 0 aliphatic heterocycles. The first-order chi connectivity index (χ1) is 13.3. The van der Waals surface area contributed by atoms with Crippen LogP contribution < -0.4 is 10.1 Å².